The number of benzene rings is 1. The average Bonchev–Trinajstić information content (AvgIpc) is 2.48. The standard InChI is InChI=1S/C17H24N2/c1-14(19-13-5-12-18)15-8-10-17(11-9-15)16-6-3-2-4-7-16/h2-4,6-7,14-15,17,19H,5,8-11,13H2,1H3. The Morgan fingerprint density at radius 1 is 1.21 bits per heavy atom. The molecule has 0 saturated heterocycles. The zero-order chi connectivity index (χ0) is 13.5. The van der Waals surface area contributed by atoms with Crippen LogP contribution < -0.4 is 5.32 Å². The highest BCUT2D eigenvalue weighted by Crippen LogP contribution is 2.36. The van der Waals surface area contributed by atoms with E-state index in [0.29, 0.717) is 12.5 Å². The van der Waals surface area contributed by atoms with E-state index in [1.54, 1.807) is 0 Å². The van der Waals surface area contributed by atoms with Gasteiger partial charge in [-0.15, -0.1) is 0 Å². The molecule has 1 aliphatic rings. The lowest BCUT2D eigenvalue weighted by atomic mass is 9.76. The predicted octanol–water partition coefficient (Wildman–Crippen LogP) is 3.85. The molecule has 0 amide bonds. The van der Waals surface area contributed by atoms with E-state index in [1.807, 2.05) is 0 Å². The van der Waals surface area contributed by atoms with Crippen molar-refractivity contribution in [3.05, 3.63) is 35.9 Å². The van der Waals surface area contributed by atoms with Gasteiger partial charge in [-0.1, -0.05) is 30.3 Å². The van der Waals surface area contributed by atoms with Crippen LogP contribution in [0.15, 0.2) is 30.3 Å². The van der Waals surface area contributed by atoms with Crippen LogP contribution in [0.25, 0.3) is 0 Å². The maximum absolute atomic E-state index is 8.56. The molecule has 0 aromatic heterocycles. The Balaban J connectivity index is 1.78. The number of rotatable bonds is 5. The second kappa shape index (κ2) is 7.31. The first-order chi connectivity index (χ1) is 9.31. The largest absolute Gasteiger partial charge is 0.313 e. The van der Waals surface area contributed by atoms with Gasteiger partial charge < -0.3 is 5.32 Å². The molecule has 0 bridgehead atoms. The number of hydrogen-bond acceptors (Lipinski definition) is 2. The van der Waals surface area contributed by atoms with Gasteiger partial charge in [0.05, 0.1) is 6.07 Å². The van der Waals surface area contributed by atoms with E-state index < -0.39 is 0 Å². The monoisotopic (exact) mass is 256 g/mol. The summed E-state index contributed by atoms with van der Waals surface area (Å²) in [4.78, 5) is 0. The summed E-state index contributed by atoms with van der Waals surface area (Å²) in [5.41, 5.74) is 1.51. The first-order valence-corrected chi connectivity index (χ1v) is 7.46. The fourth-order valence-corrected chi connectivity index (χ4v) is 3.20. The van der Waals surface area contributed by atoms with Gasteiger partial charge in [-0.05, 0) is 50.0 Å². The summed E-state index contributed by atoms with van der Waals surface area (Å²) in [6, 6.07) is 13.7. The maximum Gasteiger partial charge on any atom is 0.0635 e. The summed E-state index contributed by atoms with van der Waals surface area (Å²) in [5.74, 6) is 1.53. The predicted molar refractivity (Wildman–Crippen MR) is 78.8 cm³/mol. The third-order valence-electron chi connectivity index (χ3n) is 4.45. The van der Waals surface area contributed by atoms with Gasteiger partial charge in [0.15, 0.2) is 0 Å². The molecule has 1 atom stereocenters. The smallest absolute Gasteiger partial charge is 0.0635 e. The van der Waals surface area contributed by atoms with Crippen molar-refractivity contribution in [3.63, 3.8) is 0 Å². The second-order valence-electron chi connectivity index (χ2n) is 5.67. The quantitative estimate of drug-likeness (QED) is 0.812. The van der Waals surface area contributed by atoms with Crippen molar-refractivity contribution >= 4 is 0 Å². The normalized spacial score (nSPS) is 24.6. The SMILES string of the molecule is CC(NCCC#N)C1CCC(c2ccccc2)CC1. The lowest BCUT2D eigenvalue weighted by molar-refractivity contribution is 0.264. The first-order valence-electron chi connectivity index (χ1n) is 7.46. The van der Waals surface area contributed by atoms with Crippen molar-refractivity contribution in [2.75, 3.05) is 6.54 Å². The van der Waals surface area contributed by atoms with Gasteiger partial charge in [-0.25, -0.2) is 0 Å². The van der Waals surface area contributed by atoms with E-state index in [9.17, 15) is 0 Å². The molecular formula is C17H24N2. The molecule has 1 fully saturated rings. The summed E-state index contributed by atoms with van der Waals surface area (Å²) in [7, 11) is 0. The Morgan fingerprint density at radius 3 is 2.53 bits per heavy atom. The van der Waals surface area contributed by atoms with E-state index in [-0.39, 0.29) is 0 Å². The topological polar surface area (TPSA) is 35.8 Å². The summed E-state index contributed by atoms with van der Waals surface area (Å²) in [5, 5.41) is 12.0. The van der Waals surface area contributed by atoms with Crippen molar-refractivity contribution < 1.29 is 0 Å². The first kappa shape index (κ1) is 14.1. The van der Waals surface area contributed by atoms with Gasteiger partial charge in [0, 0.05) is 19.0 Å². The van der Waals surface area contributed by atoms with E-state index in [2.05, 4.69) is 48.6 Å². The molecule has 1 N–H and O–H groups in total. The highest BCUT2D eigenvalue weighted by Gasteiger charge is 2.25. The van der Waals surface area contributed by atoms with Gasteiger partial charge in [-0.3, -0.25) is 0 Å². The van der Waals surface area contributed by atoms with Crippen molar-refractivity contribution in [1.82, 2.24) is 5.32 Å². The molecule has 0 radical (unpaired) electrons. The van der Waals surface area contributed by atoms with E-state index in [1.165, 1.54) is 31.2 Å². The highest BCUT2D eigenvalue weighted by atomic mass is 14.9. The Morgan fingerprint density at radius 2 is 1.89 bits per heavy atom. The Bertz CT molecular complexity index is 399. The summed E-state index contributed by atoms with van der Waals surface area (Å²) in [6.45, 7) is 3.10. The maximum atomic E-state index is 8.56. The van der Waals surface area contributed by atoms with Gasteiger partial charge in [-0.2, -0.15) is 5.26 Å². The molecule has 1 unspecified atom stereocenters. The van der Waals surface area contributed by atoms with Crippen LogP contribution in [0.3, 0.4) is 0 Å². The fourth-order valence-electron chi connectivity index (χ4n) is 3.20. The van der Waals surface area contributed by atoms with E-state index in [0.717, 1.165) is 18.4 Å². The van der Waals surface area contributed by atoms with Crippen LogP contribution in [0.5, 0.6) is 0 Å². The molecule has 1 saturated carbocycles. The van der Waals surface area contributed by atoms with Crippen molar-refractivity contribution in [2.45, 2.75) is 51.0 Å². The highest BCUT2D eigenvalue weighted by molar-refractivity contribution is 5.19. The molecule has 0 spiro atoms. The molecule has 2 rings (SSSR count). The van der Waals surface area contributed by atoms with Crippen molar-refractivity contribution in [1.29, 1.82) is 5.26 Å². The van der Waals surface area contributed by atoms with Crippen molar-refractivity contribution in [3.8, 4) is 6.07 Å². The zero-order valence-corrected chi connectivity index (χ0v) is 11.8. The van der Waals surface area contributed by atoms with Crippen LogP contribution in [0.1, 0.15) is 50.5 Å². The van der Waals surface area contributed by atoms with Gasteiger partial charge in [0.1, 0.15) is 0 Å². The zero-order valence-electron chi connectivity index (χ0n) is 11.8. The van der Waals surface area contributed by atoms with Crippen LogP contribution in [0.4, 0.5) is 0 Å². The lowest BCUT2D eigenvalue weighted by Gasteiger charge is -2.33. The number of nitriles is 1. The molecule has 19 heavy (non-hydrogen) atoms. The fraction of sp³-hybridized carbons (Fsp3) is 0.588. The Hall–Kier alpha value is -1.33. The molecule has 0 heterocycles. The molecule has 1 aliphatic carbocycles. The van der Waals surface area contributed by atoms with Gasteiger partial charge >= 0.3 is 0 Å². The average molecular weight is 256 g/mol. The van der Waals surface area contributed by atoms with Gasteiger partial charge in [0.2, 0.25) is 0 Å². The molecule has 2 heteroatoms. The summed E-state index contributed by atoms with van der Waals surface area (Å²) in [6.07, 6.45) is 5.84. The Kier molecular flexibility index (Phi) is 5.42. The minimum Gasteiger partial charge on any atom is -0.313 e. The van der Waals surface area contributed by atoms with E-state index in [4.69, 9.17) is 5.26 Å². The molecule has 1 aromatic rings. The lowest BCUT2D eigenvalue weighted by Crippen LogP contribution is -2.36. The summed E-state index contributed by atoms with van der Waals surface area (Å²) >= 11 is 0. The minimum atomic E-state index is 0.546. The van der Waals surface area contributed by atoms with Gasteiger partial charge in [0.25, 0.3) is 0 Å². The van der Waals surface area contributed by atoms with Crippen molar-refractivity contribution in [2.24, 2.45) is 5.92 Å². The molecule has 102 valence electrons. The number of nitrogens with one attached hydrogen (secondary N) is 1. The molecular weight excluding hydrogens is 232 g/mol. The molecule has 1 aromatic carbocycles. The van der Waals surface area contributed by atoms with Crippen LogP contribution in [0.2, 0.25) is 0 Å². The minimum absolute atomic E-state index is 0.546. The number of hydrogen-bond donors (Lipinski definition) is 1. The van der Waals surface area contributed by atoms with Crippen LogP contribution in [0, 0.1) is 17.2 Å². The number of nitrogens with zero attached hydrogens (tertiary/aromatic N) is 1. The second-order valence-corrected chi connectivity index (χ2v) is 5.67. The van der Waals surface area contributed by atoms with Crippen LogP contribution in [-0.4, -0.2) is 12.6 Å². The third kappa shape index (κ3) is 4.08. The van der Waals surface area contributed by atoms with Crippen LogP contribution >= 0.6 is 0 Å². The van der Waals surface area contributed by atoms with E-state index >= 15 is 0 Å². The molecule has 2 nitrogen and oxygen atoms in total. The summed E-state index contributed by atoms with van der Waals surface area (Å²) < 4.78 is 0. The Labute approximate surface area is 116 Å². The third-order valence-corrected chi connectivity index (χ3v) is 4.45. The van der Waals surface area contributed by atoms with Crippen LogP contribution in [-0.2, 0) is 0 Å². The molecule has 0 aliphatic heterocycles.